The SMILES string of the molecule is COc1ccc(-c2nc(CN3CCC4CCC(C3)N4)cs2)c(OC)c1. The topological polar surface area (TPSA) is 46.6 Å². The van der Waals surface area contributed by atoms with E-state index in [1.165, 1.54) is 19.3 Å². The quantitative estimate of drug-likeness (QED) is 0.889. The van der Waals surface area contributed by atoms with Gasteiger partial charge in [0.25, 0.3) is 0 Å². The van der Waals surface area contributed by atoms with Crippen LogP contribution in [-0.2, 0) is 6.54 Å². The number of thiazole rings is 1. The first-order valence-corrected chi connectivity index (χ1v) is 9.78. The van der Waals surface area contributed by atoms with E-state index in [2.05, 4.69) is 15.6 Å². The second-order valence-corrected chi connectivity index (χ2v) is 7.73. The number of benzene rings is 1. The van der Waals surface area contributed by atoms with Crippen LogP contribution in [0.4, 0.5) is 0 Å². The number of rotatable bonds is 5. The molecule has 1 aromatic heterocycles. The van der Waals surface area contributed by atoms with Crippen LogP contribution in [-0.4, -0.2) is 49.3 Å². The van der Waals surface area contributed by atoms with Gasteiger partial charge in [-0.2, -0.15) is 0 Å². The Balaban J connectivity index is 1.49. The largest absolute Gasteiger partial charge is 0.497 e. The molecule has 2 unspecified atom stereocenters. The number of methoxy groups -OCH3 is 2. The molecule has 2 bridgehead atoms. The molecule has 0 spiro atoms. The molecule has 0 amide bonds. The summed E-state index contributed by atoms with van der Waals surface area (Å²) in [6.07, 6.45) is 3.91. The molecule has 134 valence electrons. The summed E-state index contributed by atoms with van der Waals surface area (Å²) in [5, 5.41) is 6.92. The highest BCUT2D eigenvalue weighted by Gasteiger charge is 2.29. The summed E-state index contributed by atoms with van der Waals surface area (Å²) in [4.78, 5) is 7.41. The number of nitrogens with zero attached hydrogens (tertiary/aromatic N) is 2. The van der Waals surface area contributed by atoms with Crippen molar-refractivity contribution in [2.24, 2.45) is 0 Å². The van der Waals surface area contributed by atoms with Crippen LogP contribution < -0.4 is 14.8 Å². The van der Waals surface area contributed by atoms with Crippen LogP contribution in [0.3, 0.4) is 0 Å². The lowest BCUT2D eigenvalue weighted by Crippen LogP contribution is -2.35. The molecule has 0 radical (unpaired) electrons. The maximum Gasteiger partial charge on any atom is 0.132 e. The third-order valence-electron chi connectivity index (χ3n) is 5.18. The lowest BCUT2D eigenvalue weighted by Gasteiger charge is -2.22. The Morgan fingerprint density at radius 3 is 2.92 bits per heavy atom. The summed E-state index contributed by atoms with van der Waals surface area (Å²) in [6.45, 7) is 3.22. The van der Waals surface area contributed by atoms with Crippen molar-refractivity contribution in [1.29, 1.82) is 0 Å². The predicted molar refractivity (Wildman–Crippen MR) is 100 cm³/mol. The molecule has 4 rings (SSSR count). The van der Waals surface area contributed by atoms with Gasteiger partial charge in [0.15, 0.2) is 0 Å². The molecule has 1 aromatic carbocycles. The van der Waals surface area contributed by atoms with Gasteiger partial charge in [0.05, 0.1) is 25.5 Å². The maximum atomic E-state index is 5.52. The molecule has 25 heavy (non-hydrogen) atoms. The van der Waals surface area contributed by atoms with Crippen molar-refractivity contribution >= 4 is 11.3 Å². The van der Waals surface area contributed by atoms with Crippen LogP contribution in [0.25, 0.3) is 10.6 Å². The van der Waals surface area contributed by atoms with Crippen molar-refractivity contribution in [2.75, 3.05) is 27.3 Å². The third kappa shape index (κ3) is 3.66. The minimum atomic E-state index is 0.660. The highest BCUT2D eigenvalue weighted by atomic mass is 32.1. The van der Waals surface area contributed by atoms with Crippen molar-refractivity contribution < 1.29 is 9.47 Å². The molecule has 2 atom stereocenters. The minimum absolute atomic E-state index is 0.660. The molecular formula is C19H25N3O2S. The second kappa shape index (κ2) is 7.32. The zero-order valence-electron chi connectivity index (χ0n) is 14.8. The Morgan fingerprint density at radius 1 is 1.20 bits per heavy atom. The molecule has 5 nitrogen and oxygen atoms in total. The standard InChI is InChI=1S/C19H25N3O2S/c1-23-16-5-6-17(18(9-16)24-2)19-21-15(12-25-19)11-22-8-7-13-3-4-14(10-22)20-13/h5-6,9,12-14,20H,3-4,7-8,10-11H2,1-2H3. The Labute approximate surface area is 153 Å². The summed E-state index contributed by atoms with van der Waals surface area (Å²) in [5.74, 6) is 1.60. The number of ether oxygens (including phenoxy) is 2. The highest BCUT2D eigenvalue weighted by molar-refractivity contribution is 7.13. The van der Waals surface area contributed by atoms with Crippen molar-refractivity contribution in [3.63, 3.8) is 0 Å². The van der Waals surface area contributed by atoms with Crippen molar-refractivity contribution in [1.82, 2.24) is 15.2 Å². The van der Waals surface area contributed by atoms with Gasteiger partial charge in [-0.15, -0.1) is 11.3 Å². The first-order chi connectivity index (χ1) is 12.2. The summed E-state index contributed by atoms with van der Waals surface area (Å²) >= 11 is 1.68. The van der Waals surface area contributed by atoms with E-state index in [-0.39, 0.29) is 0 Å². The summed E-state index contributed by atoms with van der Waals surface area (Å²) < 4.78 is 10.8. The van der Waals surface area contributed by atoms with Crippen molar-refractivity contribution in [2.45, 2.75) is 37.9 Å². The van der Waals surface area contributed by atoms with Crippen LogP contribution in [0, 0.1) is 0 Å². The van der Waals surface area contributed by atoms with Crippen LogP contribution in [0.2, 0.25) is 0 Å². The van der Waals surface area contributed by atoms with E-state index in [0.717, 1.165) is 53.4 Å². The number of likely N-dealkylation sites (tertiary alicyclic amines) is 1. The predicted octanol–water partition coefficient (Wildman–Crippen LogP) is 3.15. The number of nitrogens with one attached hydrogen (secondary N) is 1. The fourth-order valence-corrected chi connectivity index (χ4v) is 4.71. The average molecular weight is 359 g/mol. The number of fused-ring (bicyclic) bond motifs is 2. The van der Waals surface area contributed by atoms with Gasteiger partial charge in [-0.3, -0.25) is 4.90 Å². The molecule has 2 aliphatic heterocycles. The first-order valence-electron chi connectivity index (χ1n) is 8.90. The van der Waals surface area contributed by atoms with E-state index in [4.69, 9.17) is 14.5 Å². The van der Waals surface area contributed by atoms with Gasteiger partial charge < -0.3 is 14.8 Å². The zero-order chi connectivity index (χ0) is 17.2. The van der Waals surface area contributed by atoms with E-state index in [0.29, 0.717) is 6.04 Å². The van der Waals surface area contributed by atoms with Gasteiger partial charge in [-0.1, -0.05) is 0 Å². The fourth-order valence-electron chi connectivity index (χ4n) is 3.87. The normalized spacial score (nSPS) is 23.4. The average Bonchev–Trinajstić information content (AvgIpc) is 3.22. The van der Waals surface area contributed by atoms with Crippen molar-refractivity contribution in [3.05, 3.63) is 29.3 Å². The molecule has 2 fully saturated rings. The Hall–Kier alpha value is -1.63. The molecule has 3 heterocycles. The Kier molecular flexibility index (Phi) is 4.92. The summed E-state index contributed by atoms with van der Waals surface area (Å²) in [5.41, 5.74) is 2.17. The van der Waals surface area contributed by atoms with Gasteiger partial charge in [-0.05, 0) is 31.4 Å². The van der Waals surface area contributed by atoms with Gasteiger partial charge in [0.2, 0.25) is 0 Å². The number of aromatic nitrogens is 1. The lowest BCUT2D eigenvalue weighted by atomic mass is 10.1. The molecule has 2 saturated heterocycles. The molecule has 2 aromatic rings. The second-order valence-electron chi connectivity index (χ2n) is 6.87. The number of hydrogen-bond donors (Lipinski definition) is 1. The van der Waals surface area contributed by atoms with E-state index >= 15 is 0 Å². The minimum Gasteiger partial charge on any atom is -0.497 e. The van der Waals surface area contributed by atoms with E-state index in [1.54, 1.807) is 25.6 Å². The zero-order valence-corrected chi connectivity index (χ0v) is 15.6. The molecule has 6 heteroatoms. The highest BCUT2D eigenvalue weighted by Crippen LogP contribution is 2.35. The van der Waals surface area contributed by atoms with E-state index < -0.39 is 0 Å². The summed E-state index contributed by atoms with van der Waals surface area (Å²) in [7, 11) is 3.35. The summed E-state index contributed by atoms with van der Waals surface area (Å²) in [6, 6.07) is 7.27. The molecule has 2 aliphatic rings. The van der Waals surface area contributed by atoms with Crippen LogP contribution >= 0.6 is 11.3 Å². The van der Waals surface area contributed by atoms with E-state index in [1.807, 2.05) is 18.2 Å². The fraction of sp³-hybridized carbons (Fsp3) is 0.526. The van der Waals surface area contributed by atoms with Crippen LogP contribution in [0.15, 0.2) is 23.6 Å². The Bertz CT molecular complexity index is 733. The third-order valence-corrected chi connectivity index (χ3v) is 6.11. The molecular weight excluding hydrogens is 334 g/mol. The molecule has 1 N–H and O–H groups in total. The first kappa shape index (κ1) is 16.8. The monoisotopic (exact) mass is 359 g/mol. The van der Waals surface area contributed by atoms with Gasteiger partial charge in [0.1, 0.15) is 16.5 Å². The lowest BCUT2D eigenvalue weighted by molar-refractivity contribution is 0.248. The van der Waals surface area contributed by atoms with Crippen molar-refractivity contribution in [3.8, 4) is 22.1 Å². The molecule has 0 aliphatic carbocycles. The van der Waals surface area contributed by atoms with E-state index in [9.17, 15) is 0 Å². The maximum absolute atomic E-state index is 5.52. The van der Waals surface area contributed by atoms with Gasteiger partial charge in [0, 0.05) is 43.2 Å². The molecule has 0 saturated carbocycles. The smallest absolute Gasteiger partial charge is 0.132 e. The van der Waals surface area contributed by atoms with Gasteiger partial charge in [-0.25, -0.2) is 4.98 Å². The van der Waals surface area contributed by atoms with Gasteiger partial charge >= 0.3 is 0 Å². The Morgan fingerprint density at radius 2 is 2.08 bits per heavy atom. The van der Waals surface area contributed by atoms with Crippen LogP contribution in [0.5, 0.6) is 11.5 Å². The van der Waals surface area contributed by atoms with Crippen LogP contribution in [0.1, 0.15) is 25.0 Å². The number of hydrogen-bond acceptors (Lipinski definition) is 6.